The SMILES string of the molecule is Cc1ccc(NC(=O)c2cc(N3CCOCC3)cc(C(F)(F)F)c2)cc1NC(=O)c1cnoc1C. The molecular formula is C24H23F3N4O4. The van der Waals surface area contributed by atoms with E-state index in [2.05, 4.69) is 15.8 Å². The average molecular weight is 488 g/mol. The highest BCUT2D eigenvalue weighted by molar-refractivity contribution is 6.07. The smallest absolute Gasteiger partial charge is 0.378 e. The molecule has 184 valence electrons. The van der Waals surface area contributed by atoms with E-state index in [4.69, 9.17) is 9.26 Å². The Labute approximate surface area is 199 Å². The van der Waals surface area contributed by atoms with E-state index in [1.54, 1.807) is 30.9 Å². The van der Waals surface area contributed by atoms with Crippen molar-refractivity contribution >= 4 is 28.9 Å². The molecule has 0 spiro atoms. The molecule has 2 amide bonds. The zero-order valence-corrected chi connectivity index (χ0v) is 19.0. The number of nitrogens with zero attached hydrogens (tertiary/aromatic N) is 2. The minimum Gasteiger partial charge on any atom is -0.378 e. The van der Waals surface area contributed by atoms with Crippen LogP contribution >= 0.6 is 0 Å². The minimum atomic E-state index is -4.61. The zero-order chi connectivity index (χ0) is 25.2. The minimum absolute atomic E-state index is 0.132. The monoisotopic (exact) mass is 488 g/mol. The fourth-order valence-corrected chi connectivity index (χ4v) is 3.65. The maximum Gasteiger partial charge on any atom is 0.416 e. The van der Waals surface area contributed by atoms with Gasteiger partial charge >= 0.3 is 6.18 Å². The molecule has 0 unspecified atom stereocenters. The number of nitrogens with one attached hydrogen (secondary N) is 2. The third-order valence-electron chi connectivity index (χ3n) is 5.62. The molecule has 0 radical (unpaired) electrons. The standard InChI is InChI=1S/C24H23F3N4O4/c1-14-3-4-18(12-21(14)30-23(33)20-13-28-35-15(20)2)29-22(32)16-9-17(24(25,26)27)11-19(10-16)31-5-7-34-8-6-31/h3-4,9-13H,5-8H2,1-2H3,(H,29,32)(H,30,33). The van der Waals surface area contributed by atoms with Gasteiger partial charge in [-0.2, -0.15) is 13.2 Å². The van der Waals surface area contributed by atoms with E-state index in [0.29, 0.717) is 49.1 Å². The predicted octanol–water partition coefficient (Wildman–Crippen LogP) is 4.65. The van der Waals surface area contributed by atoms with Crippen LogP contribution in [0, 0.1) is 13.8 Å². The molecule has 4 rings (SSSR count). The topological polar surface area (TPSA) is 96.7 Å². The molecule has 8 nitrogen and oxygen atoms in total. The third-order valence-corrected chi connectivity index (χ3v) is 5.62. The molecule has 1 aromatic heterocycles. The number of hydrogen-bond acceptors (Lipinski definition) is 6. The first-order valence-corrected chi connectivity index (χ1v) is 10.8. The van der Waals surface area contributed by atoms with Gasteiger partial charge < -0.3 is 24.8 Å². The molecule has 1 aliphatic heterocycles. The Morgan fingerprint density at radius 2 is 1.74 bits per heavy atom. The van der Waals surface area contributed by atoms with E-state index >= 15 is 0 Å². The van der Waals surface area contributed by atoms with Crippen molar-refractivity contribution in [3.05, 3.63) is 70.6 Å². The second kappa shape index (κ2) is 9.79. The molecule has 2 aromatic carbocycles. The van der Waals surface area contributed by atoms with E-state index < -0.39 is 23.6 Å². The van der Waals surface area contributed by atoms with E-state index in [9.17, 15) is 22.8 Å². The number of halogens is 3. The summed E-state index contributed by atoms with van der Waals surface area (Å²) in [6.07, 6.45) is -3.32. The highest BCUT2D eigenvalue weighted by atomic mass is 19.4. The van der Waals surface area contributed by atoms with Crippen LogP contribution in [-0.2, 0) is 10.9 Å². The van der Waals surface area contributed by atoms with Crippen LogP contribution in [0.5, 0.6) is 0 Å². The number of anilines is 3. The summed E-state index contributed by atoms with van der Waals surface area (Å²) in [5.74, 6) is -0.796. The summed E-state index contributed by atoms with van der Waals surface area (Å²) in [4.78, 5) is 27.2. The first-order chi connectivity index (χ1) is 16.6. The number of aryl methyl sites for hydroxylation is 2. The van der Waals surface area contributed by atoms with Gasteiger partial charge in [0, 0.05) is 35.7 Å². The summed E-state index contributed by atoms with van der Waals surface area (Å²) in [5.41, 5.74) is 0.974. The van der Waals surface area contributed by atoms with Gasteiger partial charge in [-0.25, -0.2) is 0 Å². The van der Waals surface area contributed by atoms with Crippen molar-refractivity contribution in [2.24, 2.45) is 0 Å². The fourth-order valence-electron chi connectivity index (χ4n) is 3.65. The molecule has 0 saturated carbocycles. The first-order valence-electron chi connectivity index (χ1n) is 10.8. The summed E-state index contributed by atoms with van der Waals surface area (Å²) in [5, 5.41) is 8.93. The number of carbonyl (C=O) groups excluding carboxylic acids is 2. The van der Waals surface area contributed by atoms with Crippen molar-refractivity contribution in [2.45, 2.75) is 20.0 Å². The van der Waals surface area contributed by atoms with E-state index in [-0.39, 0.29) is 11.1 Å². The van der Waals surface area contributed by atoms with Crippen LogP contribution in [0.25, 0.3) is 0 Å². The lowest BCUT2D eigenvalue weighted by atomic mass is 10.1. The number of morpholine rings is 1. The van der Waals surface area contributed by atoms with Crippen LogP contribution in [0.15, 0.2) is 47.1 Å². The predicted molar refractivity (Wildman–Crippen MR) is 123 cm³/mol. The summed E-state index contributed by atoms with van der Waals surface area (Å²) in [6.45, 7) is 5.01. The Hall–Kier alpha value is -3.86. The van der Waals surface area contributed by atoms with Gasteiger partial charge in [0.1, 0.15) is 11.3 Å². The second-order valence-electron chi connectivity index (χ2n) is 8.10. The number of carbonyl (C=O) groups is 2. The molecule has 1 fully saturated rings. The quantitative estimate of drug-likeness (QED) is 0.543. The molecular weight excluding hydrogens is 465 g/mol. The Morgan fingerprint density at radius 3 is 2.40 bits per heavy atom. The summed E-state index contributed by atoms with van der Waals surface area (Å²) in [6, 6.07) is 8.10. The number of alkyl halides is 3. The van der Waals surface area contributed by atoms with Gasteiger partial charge in [0.2, 0.25) is 0 Å². The first kappa shape index (κ1) is 24.3. The zero-order valence-electron chi connectivity index (χ0n) is 19.0. The van der Waals surface area contributed by atoms with Crippen molar-refractivity contribution in [1.29, 1.82) is 0 Å². The lowest BCUT2D eigenvalue weighted by Crippen LogP contribution is -2.36. The Morgan fingerprint density at radius 1 is 1.00 bits per heavy atom. The lowest BCUT2D eigenvalue weighted by molar-refractivity contribution is -0.137. The summed E-state index contributed by atoms with van der Waals surface area (Å²) >= 11 is 0. The molecule has 1 saturated heterocycles. The molecule has 0 atom stereocenters. The molecule has 0 aliphatic carbocycles. The van der Waals surface area contributed by atoms with Gasteiger partial charge in [-0.3, -0.25) is 9.59 Å². The molecule has 2 N–H and O–H groups in total. The van der Waals surface area contributed by atoms with Crippen LogP contribution in [0.2, 0.25) is 0 Å². The van der Waals surface area contributed by atoms with Gasteiger partial charge in [0.15, 0.2) is 0 Å². The van der Waals surface area contributed by atoms with Crippen molar-refractivity contribution in [1.82, 2.24) is 5.16 Å². The van der Waals surface area contributed by atoms with Crippen molar-refractivity contribution in [2.75, 3.05) is 41.8 Å². The van der Waals surface area contributed by atoms with E-state index in [0.717, 1.165) is 17.7 Å². The number of ether oxygens (including phenoxy) is 1. The Kier molecular flexibility index (Phi) is 6.79. The molecule has 11 heteroatoms. The highest BCUT2D eigenvalue weighted by Crippen LogP contribution is 2.33. The van der Waals surface area contributed by atoms with Crippen LogP contribution in [0.1, 0.15) is 37.6 Å². The molecule has 0 bridgehead atoms. The number of benzene rings is 2. The van der Waals surface area contributed by atoms with Crippen molar-refractivity contribution in [3.63, 3.8) is 0 Å². The van der Waals surface area contributed by atoms with Gasteiger partial charge in [-0.05, 0) is 49.7 Å². The van der Waals surface area contributed by atoms with Gasteiger partial charge in [-0.15, -0.1) is 0 Å². The molecule has 2 heterocycles. The Balaban J connectivity index is 1.58. The van der Waals surface area contributed by atoms with E-state index in [1.165, 1.54) is 18.3 Å². The van der Waals surface area contributed by atoms with Crippen LogP contribution in [0.4, 0.5) is 30.2 Å². The van der Waals surface area contributed by atoms with Crippen molar-refractivity contribution < 1.29 is 32.0 Å². The van der Waals surface area contributed by atoms with Crippen molar-refractivity contribution in [3.8, 4) is 0 Å². The van der Waals surface area contributed by atoms with Crippen LogP contribution in [0.3, 0.4) is 0 Å². The summed E-state index contributed by atoms with van der Waals surface area (Å²) in [7, 11) is 0. The lowest BCUT2D eigenvalue weighted by Gasteiger charge is -2.29. The van der Waals surface area contributed by atoms with Gasteiger partial charge in [0.05, 0.1) is 25.0 Å². The maximum atomic E-state index is 13.5. The molecule has 1 aliphatic rings. The maximum absolute atomic E-state index is 13.5. The Bertz CT molecular complexity index is 1250. The second-order valence-corrected chi connectivity index (χ2v) is 8.10. The number of aromatic nitrogens is 1. The third kappa shape index (κ3) is 5.62. The summed E-state index contributed by atoms with van der Waals surface area (Å²) < 4.78 is 50.8. The number of hydrogen-bond donors (Lipinski definition) is 2. The molecule has 3 aromatic rings. The average Bonchev–Trinajstić information content (AvgIpc) is 3.27. The van der Waals surface area contributed by atoms with Crippen LogP contribution < -0.4 is 15.5 Å². The number of amides is 2. The fraction of sp³-hybridized carbons (Fsp3) is 0.292. The van der Waals surface area contributed by atoms with Gasteiger partial charge in [-0.1, -0.05) is 11.2 Å². The molecule has 35 heavy (non-hydrogen) atoms. The number of rotatable bonds is 5. The van der Waals surface area contributed by atoms with E-state index in [1.807, 2.05) is 0 Å². The highest BCUT2D eigenvalue weighted by Gasteiger charge is 2.32. The largest absolute Gasteiger partial charge is 0.416 e. The van der Waals surface area contributed by atoms with Crippen LogP contribution in [-0.4, -0.2) is 43.3 Å². The normalized spacial score (nSPS) is 14.0. The van der Waals surface area contributed by atoms with Gasteiger partial charge in [0.25, 0.3) is 11.8 Å².